The van der Waals surface area contributed by atoms with Crippen LogP contribution in [-0.2, 0) is 33.5 Å². The van der Waals surface area contributed by atoms with Gasteiger partial charge in [0.25, 0.3) is 0 Å². The fraction of sp³-hybridized carbons (Fsp3) is 0.786. The monoisotopic (exact) mass is 567 g/mol. The molecule has 0 bridgehead atoms. The Kier molecular flexibility index (Phi) is 14.6. The quantitative estimate of drug-likeness (QED) is 0.285. The van der Waals surface area contributed by atoms with Crippen LogP contribution in [0.5, 0.6) is 0 Å². The van der Waals surface area contributed by atoms with Gasteiger partial charge in [-0.2, -0.15) is 0 Å². The van der Waals surface area contributed by atoms with Crippen molar-refractivity contribution in [2.24, 2.45) is 17.8 Å². The minimum Gasteiger partial charge on any atom is -0.460 e. The van der Waals surface area contributed by atoms with Crippen LogP contribution in [0, 0.1) is 17.8 Å². The van der Waals surface area contributed by atoms with E-state index in [1.165, 1.54) is 6.92 Å². The van der Waals surface area contributed by atoms with Crippen molar-refractivity contribution in [2.45, 2.75) is 118 Å². The van der Waals surface area contributed by atoms with Gasteiger partial charge in [0, 0.05) is 0 Å². The van der Waals surface area contributed by atoms with Crippen molar-refractivity contribution in [1.82, 2.24) is 26.6 Å². The minimum absolute atomic E-state index is 0.0323. The van der Waals surface area contributed by atoms with Crippen LogP contribution < -0.4 is 26.6 Å². The molecule has 0 unspecified atom stereocenters. The zero-order valence-corrected chi connectivity index (χ0v) is 25.2. The Hall–Kier alpha value is -3.18. The average molecular weight is 568 g/mol. The maximum Gasteiger partial charge on any atom is 0.329 e. The van der Waals surface area contributed by atoms with Crippen molar-refractivity contribution in [3.63, 3.8) is 0 Å². The Bertz CT molecular complexity index is 905. The van der Waals surface area contributed by atoms with E-state index in [2.05, 4.69) is 26.6 Å². The van der Waals surface area contributed by atoms with Crippen molar-refractivity contribution in [2.75, 3.05) is 6.54 Å². The van der Waals surface area contributed by atoms with E-state index in [0.29, 0.717) is 19.3 Å². The standard InChI is InChI=1S/C28H49N5O7/c1-9-10-11-19-13-21(34)29-14-22(35)32-23(16(4)5)27(38)31-20(12-15(2)3)26(37)30-18(8)25(36)33-24(17(6)7)28(39)40-19/h15-20,23-24H,9-14H2,1-8H3,(H,29,34)(H,30,37)(H,31,38)(H,32,35)(H,33,36)/t18-,19+,20+,23-,24-/m0/s1. The van der Waals surface area contributed by atoms with E-state index in [9.17, 15) is 28.8 Å². The number of hydrogen-bond acceptors (Lipinski definition) is 7. The number of ether oxygens (including phenoxy) is 1. The smallest absolute Gasteiger partial charge is 0.329 e. The highest BCUT2D eigenvalue weighted by atomic mass is 16.5. The zero-order valence-electron chi connectivity index (χ0n) is 25.2. The van der Waals surface area contributed by atoms with Gasteiger partial charge in [-0.25, -0.2) is 4.79 Å². The first-order valence-corrected chi connectivity index (χ1v) is 14.3. The van der Waals surface area contributed by atoms with Gasteiger partial charge >= 0.3 is 5.97 Å². The molecule has 0 saturated carbocycles. The Balaban J connectivity index is 3.35. The second kappa shape index (κ2) is 16.8. The van der Waals surface area contributed by atoms with Crippen molar-refractivity contribution in [3.8, 4) is 0 Å². The Morgan fingerprint density at radius 2 is 1.40 bits per heavy atom. The summed E-state index contributed by atoms with van der Waals surface area (Å²) in [7, 11) is 0. The second-order valence-electron chi connectivity index (χ2n) is 11.6. The first-order chi connectivity index (χ1) is 18.7. The summed E-state index contributed by atoms with van der Waals surface area (Å²) >= 11 is 0. The van der Waals surface area contributed by atoms with Gasteiger partial charge in [0.05, 0.1) is 13.0 Å². The largest absolute Gasteiger partial charge is 0.460 e. The summed E-state index contributed by atoms with van der Waals surface area (Å²) in [5.41, 5.74) is 0. The van der Waals surface area contributed by atoms with Crippen LogP contribution in [0.3, 0.4) is 0 Å². The lowest BCUT2D eigenvalue weighted by Crippen LogP contribution is -2.58. The summed E-state index contributed by atoms with van der Waals surface area (Å²) in [5, 5.41) is 13.2. The predicted octanol–water partition coefficient (Wildman–Crippen LogP) is 0.926. The van der Waals surface area contributed by atoms with Crippen molar-refractivity contribution < 1.29 is 33.5 Å². The van der Waals surface area contributed by atoms with E-state index in [1.807, 2.05) is 20.8 Å². The first-order valence-electron chi connectivity index (χ1n) is 14.3. The number of rotatable bonds is 7. The number of hydrogen-bond donors (Lipinski definition) is 5. The van der Waals surface area contributed by atoms with E-state index >= 15 is 0 Å². The van der Waals surface area contributed by atoms with E-state index in [-0.39, 0.29) is 30.7 Å². The highest BCUT2D eigenvalue weighted by Gasteiger charge is 2.33. The van der Waals surface area contributed by atoms with Crippen LogP contribution in [0.4, 0.5) is 0 Å². The third kappa shape index (κ3) is 11.9. The third-order valence-corrected chi connectivity index (χ3v) is 6.60. The topological polar surface area (TPSA) is 172 Å². The van der Waals surface area contributed by atoms with Crippen molar-refractivity contribution >= 4 is 35.5 Å². The number of nitrogens with one attached hydrogen (secondary N) is 5. The van der Waals surface area contributed by atoms with E-state index in [0.717, 1.165) is 6.42 Å². The van der Waals surface area contributed by atoms with E-state index in [4.69, 9.17) is 4.74 Å². The molecule has 228 valence electrons. The molecule has 0 spiro atoms. The number of esters is 1. The van der Waals surface area contributed by atoms with Gasteiger partial charge in [0.1, 0.15) is 30.3 Å². The lowest BCUT2D eigenvalue weighted by molar-refractivity contribution is -0.156. The summed E-state index contributed by atoms with van der Waals surface area (Å²) in [6, 6.07) is -3.95. The van der Waals surface area contributed by atoms with Crippen molar-refractivity contribution in [1.29, 1.82) is 0 Å². The lowest BCUT2D eigenvalue weighted by Gasteiger charge is -2.27. The number of cyclic esters (lactones) is 1. The van der Waals surface area contributed by atoms with Crippen LogP contribution >= 0.6 is 0 Å². The summed E-state index contributed by atoms with van der Waals surface area (Å²) in [4.78, 5) is 77.7. The molecular formula is C28H49N5O7. The summed E-state index contributed by atoms with van der Waals surface area (Å²) in [5.74, 6) is -4.07. The van der Waals surface area contributed by atoms with Crippen LogP contribution in [0.2, 0.25) is 0 Å². The molecule has 1 heterocycles. The molecule has 1 saturated heterocycles. The Morgan fingerprint density at radius 1 is 0.775 bits per heavy atom. The number of amides is 5. The summed E-state index contributed by atoms with van der Waals surface area (Å²) in [6.45, 7) is 13.9. The molecule has 1 rings (SSSR count). The molecule has 1 fully saturated rings. The number of carbonyl (C=O) groups is 6. The molecule has 40 heavy (non-hydrogen) atoms. The van der Waals surface area contributed by atoms with Gasteiger partial charge in [-0.1, -0.05) is 61.3 Å². The molecule has 1 aliphatic rings. The SMILES string of the molecule is CCCC[C@@H]1CC(=O)NCC(=O)N[C@@H](C(C)C)C(=O)N[C@H](CC(C)C)C(=O)N[C@@H](C)C(=O)N[C@@H](C(C)C)C(=O)O1. The molecule has 5 amide bonds. The molecule has 1 aliphatic heterocycles. The summed E-state index contributed by atoms with van der Waals surface area (Å²) < 4.78 is 5.66. The van der Waals surface area contributed by atoms with E-state index in [1.54, 1.807) is 27.7 Å². The normalized spacial score (nSPS) is 26.6. The van der Waals surface area contributed by atoms with Crippen LogP contribution in [0.15, 0.2) is 0 Å². The molecule has 0 aromatic carbocycles. The molecule has 12 nitrogen and oxygen atoms in total. The zero-order chi connectivity index (χ0) is 30.6. The van der Waals surface area contributed by atoms with Gasteiger partial charge in [0.15, 0.2) is 0 Å². The molecule has 0 aliphatic carbocycles. The van der Waals surface area contributed by atoms with Crippen molar-refractivity contribution in [3.05, 3.63) is 0 Å². The Morgan fingerprint density at radius 3 is 1.95 bits per heavy atom. The van der Waals surface area contributed by atoms with Crippen LogP contribution in [0.1, 0.15) is 87.5 Å². The predicted molar refractivity (Wildman–Crippen MR) is 150 cm³/mol. The van der Waals surface area contributed by atoms with Gasteiger partial charge in [-0.3, -0.25) is 24.0 Å². The fourth-order valence-electron chi connectivity index (χ4n) is 4.21. The fourth-order valence-corrected chi connectivity index (χ4v) is 4.21. The van der Waals surface area contributed by atoms with Gasteiger partial charge in [-0.15, -0.1) is 0 Å². The first kappa shape index (κ1) is 34.8. The molecule has 0 radical (unpaired) electrons. The maximum atomic E-state index is 13.2. The number of unbranched alkanes of at least 4 members (excludes halogenated alkanes) is 1. The molecular weight excluding hydrogens is 518 g/mol. The third-order valence-electron chi connectivity index (χ3n) is 6.60. The van der Waals surface area contributed by atoms with Gasteiger partial charge < -0.3 is 31.3 Å². The van der Waals surface area contributed by atoms with Gasteiger partial charge in [0.2, 0.25) is 29.5 Å². The van der Waals surface area contributed by atoms with Crippen LogP contribution in [-0.4, -0.2) is 72.3 Å². The molecule has 5 N–H and O–H groups in total. The minimum atomic E-state index is -1.02. The molecule has 0 aromatic heterocycles. The highest BCUT2D eigenvalue weighted by molar-refractivity contribution is 5.95. The van der Waals surface area contributed by atoms with Gasteiger partial charge in [-0.05, 0) is 37.5 Å². The maximum absolute atomic E-state index is 13.2. The molecule has 12 heteroatoms. The lowest BCUT2D eigenvalue weighted by atomic mass is 9.99. The second-order valence-corrected chi connectivity index (χ2v) is 11.6. The molecule has 5 atom stereocenters. The summed E-state index contributed by atoms with van der Waals surface area (Å²) in [6.07, 6.45) is 1.33. The highest BCUT2D eigenvalue weighted by Crippen LogP contribution is 2.14. The van der Waals surface area contributed by atoms with Crippen LogP contribution in [0.25, 0.3) is 0 Å². The number of carbonyl (C=O) groups excluding carboxylic acids is 6. The average Bonchev–Trinajstić information content (AvgIpc) is 2.85. The van der Waals surface area contributed by atoms with E-state index < -0.39 is 65.8 Å². The molecule has 0 aromatic rings. The Labute approximate surface area is 237 Å².